The predicted molar refractivity (Wildman–Crippen MR) is 222 cm³/mol. The molecule has 2 unspecified atom stereocenters. The second-order valence-electron chi connectivity index (χ2n) is 15.7. The van der Waals surface area contributed by atoms with Gasteiger partial charge in [-0.2, -0.15) is 0 Å². The summed E-state index contributed by atoms with van der Waals surface area (Å²) < 4.78 is 33.7. The summed E-state index contributed by atoms with van der Waals surface area (Å²) in [5, 5.41) is 0. The number of phosphoric ester groups is 1. The molecule has 0 aromatic rings. The Morgan fingerprint density at radius 1 is 0.574 bits per heavy atom. The van der Waals surface area contributed by atoms with Gasteiger partial charge in [0, 0.05) is 12.8 Å². The summed E-state index contributed by atoms with van der Waals surface area (Å²) in [6, 6.07) is 0. The number of likely N-dealkylation sites (N-methyl/N-ethyl adjacent to an activating group) is 1. The first-order valence-electron chi connectivity index (χ1n) is 21.7. The van der Waals surface area contributed by atoms with Crippen LogP contribution in [0.15, 0.2) is 36.5 Å². The molecule has 0 radical (unpaired) electrons. The van der Waals surface area contributed by atoms with Gasteiger partial charge in [0.25, 0.3) is 7.82 Å². The first-order chi connectivity index (χ1) is 26.0. The molecule has 0 aromatic carbocycles. The number of nitrogens with zero attached hydrogens (tertiary/aromatic N) is 1. The molecule has 10 heteroatoms. The van der Waals surface area contributed by atoms with Gasteiger partial charge in [-0.1, -0.05) is 153 Å². The third kappa shape index (κ3) is 39.9. The summed E-state index contributed by atoms with van der Waals surface area (Å²) in [5.41, 5.74) is 0. The highest BCUT2D eigenvalue weighted by molar-refractivity contribution is 7.45. The van der Waals surface area contributed by atoms with E-state index in [4.69, 9.17) is 18.5 Å². The SMILES string of the molecule is CCCCCCC/C=C\C/C=C\C/C=C\CCCCCCCCCCC(=O)OC(COC(=O)CCCCCCCCC)COP(=O)([O-])OCC[N+](C)(C)C. The van der Waals surface area contributed by atoms with Crippen LogP contribution >= 0.6 is 7.82 Å². The summed E-state index contributed by atoms with van der Waals surface area (Å²) in [6.07, 6.45) is 40.5. The van der Waals surface area contributed by atoms with E-state index in [1.54, 1.807) is 0 Å². The van der Waals surface area contributed by atoms with Crippen LogP contribution in [0.2, 0.25) is 0 Å². The average Bonchev–Trinajstić information content (AvgIpc) is 3.12. The molecule has 0 spiro atoms. The van der Waals surface area contributed by atoms with Crippen LogP contribution in [0.25, 0.3) is 0 Å². The minimum absolute atomic E-state index is 0.0322. The average molecular weight is 784 g/mol. The first-order valence-corrected chi connectivity index (χ1v) is 23.2. The van der Waals surface area contributed by atoms with Crippen molar-refractivity contribution in [2.75, 3.05) is 47.5 Å². The molecule has 0 aliphatic heterocycles. The Labute approximate surface area is 331 Å². The Kier molecular flexibility index (Phi) is 35.6. The van der Waals surface area contributed by atoms with Gasteiger partial charge >= 0.3 is 11.9 Å². The third-order valence-electron chi connectivity index (χ3n) is 9.16. The fourth-order valence-corrected chi connectivity index (χ4v) is 6.45. The molecular formula is C44H82NO8P. The molecule has 0 fully saturated rings. The van der Waals surface area contributed by atoms with Gasteiger partial charge in [-0.15, -0.1) is 0 Å². The number of carbonyl (C=O) groups excluding carboxylic acids is 2. The molecule has 0 aromatic heterocycles. The van der Waals surface area contributed by atoms with Crippen LogP contribution in [0.3, 0.4) is 0 Å². The molecule has 2 atom stereocenters. The Balaban J connectivity index is 4.22. The monoisotopic (exact) mass is 784 g/mol. The highest BCUT2D eigenvalue weighted by Crippen LogP contribution is 2.38. The Bertz CT molecular complexity index is 1020. The van der Waals surface area contributed by atoms with Crippen molar-refractivity contribution in [3.8, 4) is 0 Å². The van der Waals surface area contributed by atoms with Gasteiger partial charge in [0.05, 0.1) is 27.7 Å². The zero-order chi connectivity index (χ0) is 40.0. The molecule has 0 N–H and O–H groups in total. The standard InChI is InChI=1S/C44H82NO8P/c1-6-8-10-12-14-15-16-17-18-19-20-21-22-23-24-25-26-27-28-29-31-33-35-37-44(47)53-42(41-52-54(48,49)51-39-38-45(3,4)5)40-50-43(46)36-34-32-30-13-11-9-7-2/h16-17,19-20,22-23,42H,6-15,18,21,24-41H2,1-5H3/b17-16-,20-19-,23-22-. The van der Waals surface area contributed by atoms with Gasteiger partial charge in [-0.3, -0.25) is 14.2 Å². The van der Waals surface area contributed by atoms with E-state index in [1.807, 2.05) is 21.1 Å². The van der Waals surface area contributed by atoms with E-state index in [-0.39, 0.29) is 26.1 Å². The number of esters is 2. The molecular weight excluding hydrogens is 701 g/mol. The molecule has 54 heavy (non-hydrogen) atoms. The third-order valence-corrected chi connectivity index (χ3v) is 10.1. The van der Waals surface area contributed by atoms with Crippen LogP contribution in [0.4, 0.5) is 0 Å². The second kappa shape index (κ2) is 36.8. The number of hydrogen-bond donors (Lipinski definition) is 0. The molecule has 0 rings (SSSR count). The minimum atomic E-state index is -4.62. The van der Waals surface area contributed by atoms with Crippen molar-refractivity contribution in [1.82, 2.24) is 0 Å². The molecule has 0 aliphatic carbocycles. The van der Waals surface area contributed by atoms with E-state index >= 15 is 0 Å². The lowest BCUT2D eigenvalue weighted by Crippen LogP contribution is -2.37. The van der Waals surface area contributed by atoms with Gasteiger partial charge in [-0.25, -0.2) is 0 Å². The van der Waals surface area contributed by atoms with Crippen molar-refractivity contribution in [2.45, 2.75) is 187 Å². The maximum atomic E-state index is 12.6. The maximum absolute atomic E-state index is 12.6. The molecule has 0 heterocycles. The number of carbonyl (C=O) groups is 2. The molecule has 0 saturated carbocycles. The fraction of sp³-hybridized carbons (Fsp3) is 0.818. The number of unbranched alkanes of at least 4 members (excludes halogenated alkanes) is 19. The zero-order valence-electron chi connectivity index (χ0n) is 35.4. The number of ether oxygens (including phenoxy) is 2. The van der Waals surface area contributed by atoms with Crippen molar-refractivity contribution in [2.24, 2.45) is 0 Å². The van der Waals surface area contributed by atoms with Crippen LogP contribution in [0, 0.1) is 0 Å². The van der Waals surface area contributed by atoms with Crippen LogP contribution in [-0.2, 0) is 32.7 Å². The van der Waals surface area contributed by atoms with E-state index in [0.29, 0.717) is 17.4 Å². The molecule has 316 valence electrons. The maximum Gasteiger partial charge on any atom is 0.306 e. The normalized spacial score (nSPS) is 14.0. The highest BCUT2D eigenvalue weighted by atomic mass is 31.2. The first kappa shape index (κ1) is 52.2. The second-order valence-corrected chi connectivity index (χ2v) is 17.1. The van der Waals surface area contributed by atoms with Gasteiger partial charge in [-0.05, 0) is 51.4 Å². The molecule has 0 saturated heterocycles. The summed E-state index contributed by atoms with van der Waals surface area (Å²) in [4.78, 5) is 37.3. The van der Waals surface area contributed by atoms with E-state index in [0.717, 1.165) is 57.8 Å². The predicted octanol–water partition coefficient (Wildman–Crippen LogP) is 11.5. The van der Waals surface area contributed by atoms with Crippen LogP contribution < -0.4 is 4.89 Å². The van der Waals surface area contributed by atoms with Crippen molar-refractivity contribution >= 4 is 19.8 Å². The molecule has 0 bridgehead atoms. The summed E-state index contributed by atoms with van der Waals surface area (Å²) in [5.74, 6) is -0.849. The number of hydrogen-bond acceptors (Lipinski definition) is 8. The molecule has 9 nitrogen and oxygen atoms in total. The Hall–Kier alpha value is -1.77. The van der Waals surface area contributed by atoms with Crippen molar-refractivity contribution in [3.63, 3.8) is 0 Å². The largest absolute Gasteiger partial charge is 0.756 e. The zero-order valence-corrected chi connectivity index (χ0v) is 36.3. The van der Waals surface area contributed by atoms with E-state index in [2.05, 4.69) is 50.3 Å². The Morgan fingerprint density at radius 3 is 1.48 bits per heavy atom. The number of allylic oxidation sites excluding steroid dienone is 6. The number of phosphoric acid groups is 1. The lowest BCUT2D eigenvalue weighted by Gasteiger charge is -2.28. The highest BCUT2D eigenvalue weighted by Gasteiger charge is 2.21. The van der Waals surface area contributed by atoms with E-state index in [1.165, 1.54) is 89.9 Å². The van der Waals surface area contributed by atoms with Crippen LogP contribution in [0.5, 0.6) is 0 Å². The van der Waals surface area contributed by atoms with Crippen LogP contribution in [0.1, 0.15) is 181 Å². The van der Waals surface area contributed by atoms with Gasteiger partial charge in [0.15, 0.2) is 6.10 Å². The fourth-order valence-electron chi connectivity index (χ4n) is 5.72. The summed E-state index contributed by atoms with van der Waals surface area (Å²) in [7, 11) is 1.16. The molecule has 0 aliphatic rings. The minimum Gasteiger partial charge on any atom is -0.756 e. The van der Waals surface area contributed by atoms with E-state index < -0.39 is 32.5 Å². The summed E-state index contributed by atoms with van der Waals surface area (Å²) in [6.45, 7) is 4.15. The van der Waals surface area contributed by atoms with Crippen LogP contribution in [-0.4, -0.2) is 70.0 Å². The topological polar surface area (TPSA) is 111 Å². The smallest absolute Gasteiger partial charge is 0.306 e. The van der Waals surface area contributed by atoms with Crippen molar-refractivity contribution in [3.05, 3.63) is 36.5 Å². The summed E-state index contributed by atoms with van der Waals surface area (Å²) >= 11 is 0. The lowest BCUT2D eigenvalue weighted by atomic mass is 10.1. The van der Waals surface area contributed by atoms with Gasteiger partial charge in [0.1, 0.15) is 19.8 Å². The lowest BCUT2D eigenvalue weighted by molar-refractivity contribution is -0.870. The van der Waals surface area contributed by atoms with Gasteiger partial charge in [0.2, 0.25) is 0 Å². The Morgan fingerprint density at radius 2 is 1.00 bits per heavy atom. The van der Waals surface area contributed by atoms with Crippen molar-refractivity contribution in [1.29, 1.82) is 0 Å². The van der Waals surface area contributed by atoms with Crippen molar-refractivity contribution < 1.29 is 42.1 Å². The molecule has 0 amide bonds. The quantitative estimate of drug-likeness (QED) is 0.0199. The number of quaternary nitrogens is 1. The number of rotatable bonds is 39. The van der Waals surface area contributed by atoms with Gasteiger partial charge < -0.3 is 27.9 Å². The van der Waals surface area contributed by atoms with E-state index in [9.17, 15) is 19.0 Å².